The van der Waals surface area contributed by atoms with Crippen molar-refractivity contribution in [1.82, 2.24) is 0 Å². The molecular formula is C17H26O2. The molecule has 2 unspecified atom stereocenters. The molecule has 0 aromatic heterocycles. The zero-order chi connectivity index (χ0) is 13.9. The molecule has 0 aliphatic rings. The van der Waals surface area contributed by atoms with Crippen molar-refractivity contribution in [2.75, 3.05) is 6.61 Å². The fourth-order valence-electron chi connectivity index (χ4n) is 2.10. The summed E-state index contributed by atoms with van der Waals surface area (Å²) in [6.45, 7) is 8.42. The molecule has 1 aromatic carbocycles. The van der Waals surface area contributed by atoms with E-state index >= 15 is 0 Å². The molecule has 0 N–H and O–H groups in total. The fourth-order valence-corrected chi connectivity index (χ4v) is 2.10. The van der Waals surface area contributed by atoms with Gasteiger partial charge in [0.05, 0.1) is 6.10 Å². The van der Waals surface area contributed by atoms with Crippen LogP contribution in [0.5, 0.6) is 0 Å². The third-order valence-electron chi connectivity index (χ3n) is 3.08. The number of benzene rings is 1. The first-order valence-corrected chi connectivity index (χ1v) is 7.18. The van der Waals surface area contributed by atoms with E-state index < -0.39 is 0 Å². The Bertz CT molecular complexity index is 334. The van der Waals surface area contributed by atoms with Crippen molar-refractivity contribution in [3.8, 4) is 0 Å². The predicted octanol–water partition coefficient (Wildman–Crippen LogP) is 4.35. The zero-order valence-electron chi connectivity index (χ0n) is 12.2. The highest BCUT2D eigenvalue weighted by Crippen LogP contribution is 2.14. The second-order valence-electron chi connectivity index (χ2n) is 4.67. The Hall–Kier alpha value is -1.12. The normalized spacial score (nSPS) is 14.0. The molecule has 0 aliphatic heterocycles. The van der Waals surface area contributed by atoms with Gasteiger partial charge in [-0.2, -0.15) is 0 Å². The van der Waals surface area contributed by atoms with Crippen LogP contribution in [0.25, 0.3) is 0 Å². The van der Waals surface area contributed by atoms with Crippen molar-refractivity contribution >= 4 is 0 Å². The number of hydrogen-bond acceptors (Lipinski definition) is 2. The highest BCUT2D eigenvalue weighted by molar-refractivity contribution is 5.14. The van der Waals surface area contributed by atoms with Gasteiger partial charge in [0.2, 0.25) is 0 Å². The molecule has 2 nitrogen and oxygen atoms in total. The summed E-state index contributed by atoms with van der Waals surface area (Å²) in [7, 11) is 0. The first kappa shape index (κ1) is 15.9. The molecule has 19 heavy (non-hydrogen) atoms. The van der Waals surface area contributed by atoms with Gasteiger partial charge in [0.15, 0.2) is 6.29 Å². The Morgan fingerprint density at radius 3 is 2.58 bits per heavy atom. The minimum absolute atomic E-state index is 0.129. The monoisotopic (exact) mass is 262 g/mol. The van der Waals surface area contributed by atoms with E-state index in [9.17, 15) is 0 Å². The summed E-state index contributed by atoms with van der Waals surface area (Å²) < 4.78 is 11.4. The molecule has 0 amide bonds. The molecule has 0 aliphatic carbocycles. The van der Waals surface area contributed by atoms with Crippen molar-refractivity contribution < 1.29 is 9.47 Å². The predicted molar refractivity (Wildman–Crippen MR) is 80.2 cm³/mol. The largest absolute Gasteiger partial charge is 0.353 e. The van der Waals surface area contributed by atoms with Crippen LogP contribution in [-0.2, 0) is 15.9 Å². The minimum atomic E-state index is -0.129. The first-order valence-electron chi connectivity index (χ1n) is 7.18. The summed E-state index contributed by atoms with van der Waals surface area (Å²) in [6.07, 6.45) is 6.11. The maximum Gasteiger partial charge on any atom is 0.155 e. The Kier molecular flexibility index (Phi) is 8.19. The molecular weight excluding hydrogens is 236 g/mol. The molecule has 0 saturated carbocycles. The van der Waals surface area contributed by atoms with Gasteiger partial charge in [-0.1, -0.05) is 36.4 Å². The van der Waals surface area contributed by atoms with Gasteiger partial charge in [-0.3, -0.25) is 0 Å². The SMILES string of the molecule is C=CCCC(CCc1ccccc1)OC(C)OCC. The van der Waals surface area contributed by atoms with Gasteiger partial charge in [0.25, 0.3) is 0 Å². The van der Waals surface area contributed by atoms with Crippen LogP contribution in [0, 0.1) is 0 Å². The molecule has 0 radical (unpaired) electrons. The van der Waals surface area contributed by atoms with Crippen molar-refractivity contribution in [2.45, 2.75) is 51.9 Å². The number of rotatable bonds is 10. The van der Waals surface area contributed by atoms with Crippen LogP contribution in [0.3, 0.4) is 0 Å². The minimum Gasteiger partial charge on any atom is -0.353 e. The summed E-state index contributed by atoms with van der Waals surface area (Å²) in [5.74, 6) is 0. The van der Waals surface area contributed by atoms with Crippen LogP contribution in [0.15, 0.2) is 43.0 Å². The second kappa shape index (κ2) is 9.76. The third kappa shape index (κ3) is 7.14. The topological polar surface area (TPSA) is 18.5 Å². The van der Waals surface area contributed by atoms with Crippen LogP contribution in [0.1, 0.15) is 38.7 Å². The highest BCUT2D eigenvalue weighted by Gasteiger charge is 2.13. The van der Waals surface area contributed by atoms with Crippen molar-refractivity contribution in [1.29, 1.82) is 0 Å². The Morgan fingerprint density at radius 1 is 1.21 bits per heavy atom. The van der Waals surface area contributed by atoms with Crippen molar-refractivity contribution in [3.05, 3.63) is 48.6 Å². The molecule has 0 fully saturated rings. The average molecular weight is 262 g/mol. The zero-order valence-corrected chi connectivity index (χ0v) is 12.2. The van der Waals surface area contributed by atoms with E-state index in [1.54, 1.807) is 0 Å². The molecule has 2 heteroatoms. The summed E-state index contributed by atoms with van der Waals surface area (Å²) in [4.78, 5) is 0. The van der Waals surface area contributed by atoms with E-state index in [2.05, 4.69) is 30.8 Å². The smallest absolute Gasteiger partial charge is 0.155 e. The molecule has 0 heterocycles. The van der Waals surface area contributed by atoms with E-state index in [-0.39, 0.29) is 12.4 Å². The summed E-state index contributed by atoms with van der Waals surface area (Å²) in [5, 5.41) is 0. The quantitative estimate of drug-likeness (QED) is 0.461. The van der Waals surface area contributed by atoms with Gasteiger partial charge < -0.3 is 9.47 Å². The fraction of sp³-hybridized carbons (Fsp3) is 0.529. The molecule has 106 valence electrons. The lowest BCUT2D eigenvalue weighted by Gasteiger charge is -2.22. The standard InChI is InChI=1S/C17H26O2/c1-4-6-12-17(19-15(3)18-5-2)14-13-16-10-8-7-9-11-16/h4,7-11,15,17H,1,5-6,12-14H2,2-3H3. The molecule has 1 aromatic rings. The van der Waals surface area contributed by atoms with Crippen LogP contribution in [0.2, 0.25) is 0 Å². The Labute approximate surface area is 117 Å². The van der Waals surface area contributed by atoms with Gasteiger partial charge in [-0.15, -0.1) is 6.58 Å². The summed E-state index contributed by atoms with van der Waals surface area (Å²) in [5.41, 5.74) is 1.36. The number of ether oxygens (including phenoxy) is 2. The third-order valence-corrected chi connectivity index (χ3v) is 3.08. The number of allylic oxidation sites excluding steroid dienone is 1. The molecule has 2 atom stereocenters. The number of aryl methyl sites for hydroxylation is 1. The van der Waals surface area contributed by atoms with Gasteiger partial charge in [-0.05, 0) is 45.1 Å². The van der Waals surface area contributed by atoms with Gasteiger partial charge in [0.1, 0.15) is 0 Å². The molecule has 1 rings (SSSR count). The van der Waals surface area contributed by atoms with E-state index in [0.717, 1.165) is 25.7 Å². The van der Waals surface area contributed by atoms with Gasteiger partial charge >= 0.3 is 0 Å². The van der Waals surface area contributed by atoms with Crippen LogP contribution in [0.4, 0.5) is 0 Å². The maximum atomic E-state index is 5.94. The van der Waals surface area contributed by atoms with Crippen LogP contribution in [-0.4, -0.2) is 19.0 Å². The van der Waals surface area contributed by atoms with Gasteiger partial charge in [0, 0.05) is 6.61 Å². The van der Waals surface area contributed by atoms with Crippen molar-refractivity contribution in [2.24, 2.45) is 0 Å². The van der Waals surface area contributed by atoms with Crippen molar-refractivity contribution in [3.63, 3.8) is 0 Å². The lowest BCUT2D eigenvalue weighted by Crippen LogP contribution is -2.23. The maximum absolute atomic E-state index is 5.94. The Balaban J connectivity index is 2.42. The second-order valence-corrected chi connectivity index (χ2v) is 4.67. The average Bonchev–Trinajstić information content (AvgIpc) is 2.43. The molecule has 0 spiro atoms. The highest BCUT2D eigenvalue weighted by atomic mass is 16.7. The number of hydrogen-bond donors (Lipinski definition) is 0. The Morgan fingerprint density at radius 2 is 1.95 bits per heavy atom. The van der Waals surface area contributed by atoms with Gasteiger partial charge in [-0.25, -0.2) is 0 Å². The van der Waals surface area contributed by atoms with E-state index in [4.69, 9.17) is 9.47 Å². The first-order chi connectivity index (χ1) is 9.26. The van der Waals surface area contributed by atoms with Crippen LogP contribution >= 0.6 is 0 Å². The van der Waals surface area contributed by atoms with Crippen LogP contribution < -0.4 is 0 Å². The van der Waals surface area contributed by atoms with E-state index in [0.29, 0.717) is 6.61 Å². The van der Waals surface area contributed by atoms with E-state index in [1.807, 2.05) is 26.0 Å². The molecule has 0 saturated heterocycles. The lowest BCUT2D eigenvalue weighted by atomic mass is 10.0. The summed E-state index contributed by atoms with van der Waals surface area (Å²) in [6, 6.07) is 10.5. The molecule has 0 bridgehead atoms. The van der Waals surface area contributed by atoms with E-state index in [1.165, 1.54) is 5.56 Å². The lowest BCUT2D eigenvalue weighted by molar-refractivity contribution is -0.159. The summed E-state index contributed by atoms with van der Waals surface area (Å²) >= 11 is 0.